The van der Waals surface area contributed by atoms with Crippen molar-refractivity contribution >= 4 is 21.7 Å². The monoisotopic (exact) mass is 296 g/mol. The largest absolute Gasteiger partial charge is 0.478 e. The number of anilines is 1. The van der Waals surface area contributed by atoms with Gasteiger partial charge < -0.3 is 10.8 Å². The number of carboxylic acids is 1. The smallest absolute Gasteiger partial charge is 0.335 e. The van der Waals surface area contributed by atoms with Crippen LogP contribution >= 0.6 is 0 Å². The Morgan fingerprint density at radius 1 is 1.30 bits per heavy atom. The molecule has 0 aliphatic rings. The lowest BCUT2D eigenvalue weighted by atomic mass is 10.2. The molecule has 0 bridgehead atoms. The van der Waals surface area contributed by atoms with E-state index >= 15 is 0 Å². The van der Waals surface area contributed by atoms with E-state index in [-0.39, 0.29) is 29.2 Å². The molecule has 0 aliphatic carbocycles. The predicted octanol–water partition coefficient (Wildman–Crippen LogP) is 1.33. The van der Waals surface area contributed by atoms with Gasteiger partial charge in [0.1, 0.15) is 4.90 Å². The van der Waals surface area contributed by atoms with E-state index in [1.807, 2.05) is 0 Å². The fourth-order valence-corrected chi connectivity index (χ4v) is 3.09. The summed E-state index contributed by atoms with van der Waals surface area (Å²) >= 11 is 0. The third-order valence-electron chi connectivity index (χ3n) is 2.54. The molecule has 0 radical (unpaired) electrons. The van der Waals surface area contributed by atoms with Crippen molar-refractivity contribution < 1.29 is 18.3 Å². The predicted molar refractivity (Wildman–Crippen MR) is 77.0 cm³/mol. The first kappa shape index (κ1) is 15.9. The molecule has 7 heteroatoms. The minimum atomic E-state index is -3.83. The third-order valence-corrected chi connectivity index (χ3v) is 4.45. The lowest BCUT2D eigenvalue weighted by molar-refractivity contribution is 0.0697. The number of nitrogens with two attached hydrogens (primary N) is 1. The second-order valence-electron chi connectivity index (χ2n) is 3.96. The fraction of sp³-hybridized carbons (Fsp3) is 0.154. The van der Waals surface area contributed by atoms with Crippen LogP contribution in [0.3, 0.4) is 0 Å². The van der Waals surface area contributed by atoms with Gasteiger partial charge in [0.05, 0.1) is 11.3 Å². The van der Waals surface area contributed by atoms with Gasteiger partial charge in [-0.3, -0.25) is 0 Å². The Bertz CT molecular complexity index is 628. The second kappa shape index (κ2) is 6.36. The van der Waals surface area contributed by atoms with Crippen molar-refractivity contribution in [2.45, 2.75) is 4.90 Å². The highest BCUT2D eigenvalue weighted by molar-refractivity contribution is 7.89. The first-order valence-corrected chi connectivity index (χ1v) is 7.13. The molecule has 0 spiro atoms. The van der Waals surface area contributed by atoms with Gasteiger partial charge in [-0.2, -0.15) is 4.31 Å². The lowest BCUT2D eigenvalue weighted by Crippen LogP contribution is -2.32. The maximum atomic E-state index is 12.4. The van der Waals surface area contributed by atoms with Crippen molar-refractivity contribution in [1.82, 2.24) is 4.31 Å². The number of benzene rings is 1. The Balaban J connectivity index is 3.30. The number of rotatable bonds is 7. The number of sulfonamides is 1. The van der Waals surface area contributed by atoms with Crippen molar-refractivity contribution in [3.8, 4) is 0 Å². The zero-order valence-electron chi connectivity index (χ0n) is 10.8. The highest BCUT2D eigenvalue weighted by Gasteiger charge is 2.25. The average molecular weight is 296 g/mol. The molecule has 0 saturated heterocycles. The Morgan fingerprint density at radius 2 is 1.85 bits per heavy atom. The maximum Gasteiger partial charge on any atom is 0.335 e. The van der Waals surface area contributed by atoms with E-state index < -0.39 is 16.0 Å². The zero-order valence-corrected chi connectivity index (χ0v) is 11.6. The van der Waals surface area contributed by atoms with Gasteiger partial charge in [0.2, 0.25) is 10.0 Å². The van der Waals surface area contributed by atoms with Gasteiger partial charge in [0, 0.05) is 13.1 Å². The Kier molecular flexibility index (Phi) is 5.06. The molecule has 0 atom stereocenters. The van der Waals surface area contributed by atoms with E-state index in [1.54, 1.807) is 0 Å². The molecule has 0 saturated carbocycles. The van der Waals surface area contributed by atoms with E-state index in [0.717, 1.165) is 10.4 Å². The Labute approximate surface area is 117 Å². The third kappa shape index (κ3) is 3.25. The van der Waals surface area contributed by atoms with E-state index in [4.69, 9.17) is 10.8 Å². The normalized spacial score (nSPS) is 11.2. The molecule has 108 valence electrons. The molecule has 0 amide bonds. The maximum absolute atomic E-state index is 12.4. The second-order valence-corrected chi connectivity index (χ2v) is 5.86. The van der Waals surface area contributed by atoms with Gasteiger partial charge in [-0.05, 0) is 18.2 Å². The molecule has 1 aromatic carbocycles. The summed E-state index contributed by atoms with van der Waals surface area (Å²) in [5.74, 6) is -1.17. The van der Waals surface area contributed by atoms with Crippen LogP contribution in [0.1, 0.15) is 10.4 Å². The van der Waals surface area contributed by atoms with Crippen LogP contribution in [0.15, 0.2) is 48.4 Å². The molecular formula is C13H16N2O4S. The lowest BCUT2D eigenvalue weighted by Gasteiger charge is -2.20. The number of nitrogen functional groups attached to an aromatic ring is 1. The number of carbonyl (C=O) groups is 1. The minimum absolute atomic E-state index is 0.0690. The van der Waals surface area contributed by atoms with E-state index in [0.29, 0.717) is 0 Å². The number of nitrogens with zero attached hydrogens (tertiary/aromatic N) is 1. The van der Waals surface area contributed by atoms with E-state index in [2.05, 4.69) is 13.2 Å². The van der Waals surface area contributed by atoms with Crippen molar-refractivity contribution in [1.29, 1.82) is 0 Å². The number of aromatic carboxylic acids is 1. The van der Waals surface area contributed by atoms with Crippen LogP contribution < -0.4 is 5.73 Å². The van der Waals surface area contributed by atoms with Gasteiger partial charge in [-0.25, -0.2) is 13.2 Å². The molecule has 0 aliphatic heterocycles. The standard InChI is InChI=1S/C13H16N2O4S/c1-3-7-15(8-4-2)20(18,19)12-6-5-10(13(16)17)9-11(12)14/h3-6,9H,1-2,7-8,14H2,(H,16,17). The van der Waals surface area contributed by atoms with Crippen LogP contribution in [0.5, 0.6) is 0 Å². The van der Waals surface area contributed by atoms with Crippen LogP contribution in [0.4, 0.5) is 5.69 Å². The van der Waals surface area contributed by atoms with Crippen LogP contribution in [0.2, 0.25) is 0 Å². The van der Waals surface area contributed by atoms with Crippen LogP contribution in [-0.2, 0) is 10.0 Å². The van der Waals surface area contributed by atoms with Crippen molar-refractivity contribution in [3.63, 3.8) is 0 Å². The van der Waals surface area contributed by atoms with Crippen LogP contribution in [-0.4, -0.2) is 36.9 Å². The molecule has 0 aromatic heterocycles. The molecular weight excluding hydrogens is 280 g/mol. The molecule has 0 fully saturated rings. The first-order chi connectivity index (χ1) is 9.34. The summed E-state index contributed by atoms with van der Waals surface area (Å²) in [4.78, 5) is 10.7. The fourth-order valence-electron chi connectivity index (χ4n) is 1.61. The van der Waals surface area contributed by atoms with Gasteiger partial charge >= 0.3 is 5.97 Å². The van der Waals surface area contributed by atoms with Crippen LogP contribution in [0, 0.1) is 0 Å². The number of carboxylic acid groups (broad SMARTS) is 1. The quantitative estimate of drug-likeness (QED) is 0.584. The van der Waals surface area contributed by atoms with Crippen LogP contribution in [0.25, 0.3) is 0 Å². The first-order valence-electron chi connectivity index (χ1n) is 5.69. The summed E-state index contributed by atoms with van der Waals surface area (Å²) in [6, 6.07) is 3.51. The summed E-state index contributed by atoms with van der Waals surface area (Å²) < 4.78 is 26.0. The Morgan fingerprint density at radius 3 is 2.25 bits per heavy atom. The topological polar surface area (TPSA) is 101 Å². The molecule has 0 unspecified atom stereocenters. The molecule has 0 heterocycles. The van der Waals surface area contributed by atoms with Crippen molar-refractivity contribution in [2.24, 2.45) is 0 Å². The van der Waals surface area contributed by atoms with Gasteiger partial charge in [-0.15, -0.1) is 13.2 Å². The number of hydrogen-bond acceptors (Lipinski definition) is 4. The summed E-state index contributed by atoms with van der Waals surface area (Å²) in [5, 5.41) is 8.84. The molecule has 20 heavy (non-hydrogen) atoms. The van der Waals surface area contributed by atoms with E-state index in [1.165, 1.54) is 24.3 Å². The van der Waals surface area contributed by atoms with Gasteiger partial charge in [-0.1, -0.05) is 12.2 Å². The zero-order chi connectivity index (χ0) is 15.3. The minimum Gasteiger partial charge on any atom is -0.478 e. The SMILES string of the molecule is C=CCN(CC=C)S(=O)(=O)c1ccc(C(=O)O)cc1N. The molecule has 1 rings (SSSR count). The Hall–Kier alpha value is -2.12. The summed E-state index contributed by atoms with van der Waals surface area (Å²) in [7, 11) is -3.83. The highest BCUT2D eigenvalue weighted by atomic mass is 32.2. The summed E-state index contributed by atoms with van der Waals surface area (Å²) in [5.41, 5.74) is 5.48. The average Bonchev–Trinajstić information content (AvgIpc) is 2.37. The van der Waals surface area contributed by atoms with Gasteiger partial charge in [0.15, 0.2) is 0 Å². The van der Waals surface area contributed by atoms with Gasteiger partial charge in [0.25, 0.3) is 0 Å². The number of hydrogen-bond donors (Lipinski definition) is 2. The molecule has 6 nitrogen and oxygen atoms in total. The molecule has 3 N–H and O–H groups in total. The van der Waals surface area contributed by atoms with E-state index in [9.17, 15) is 13.2 Å². The van der Waals surface area contributed by atoms with Crippen molar-refractivity contribution in [3.05, 3.63) is 49.1 Å². The summed E-state index contributed by atoms with van der Waals surface area (Å²) in [6.07, 6.45) is 2.89. The molecule has 1 aromatic rings. The van der Waals surface area contributed by atoms with Crippen molar-refractivity contribution in [2.75, 3.05) is 18.8 Å². The summed E-state index contributed by atoms with van der Waals surface area (Å²) in [6.45, 7) is 7.21. The highest BCUT2D eigenvalue weighted by Crippen LogP contribution is 2.23.